The zero-order valence-corrected chi connectivity index (χ0v) is 12.9. The Labute approximate surface area is 139 Å². The van der Waals surface area contributed by atoms with E-state index in [1.807, 2.05) is 54.6 Å². The molecule has 0 amide bonds. The summed E-state index contributed by atoms with van der Waals surface area (Å²) in [4.78, 5) is 4.27. The van der Waals surface area contributed by atoms with Gasteiger partial charge in [-0.3, -0.25) is 10.4 Å². The van der Waals surface area contributed by atoms with Crippen molar-refractivity contribution in [3.8, 4) is 6.07 Å². The molecule has 5 heteroatoms. The van der Waals surface area contributed by atoms with Crippen LogP contribution in [0.3, 0.4) is 0 Å². The van der Waals surface area contributed by atoms with Gasteiger partial charge >= 0.3 is 0 Å². The van der Waals surface area contributed by atoms with Gasteiger partial charge < -0.3 is 4.42 Å². The molecule has 0 radical (unpaired) electrons. The Morgan fingerprint density at radius 1 is 1.25 bits per heavy atom. The molecular weight excluding hydrogens is 300 g/mol. The highest BCUT2D eigenvalue weighted by Crippen LogP contribution is 2.32. The first-order valence-electron chi connectivity index (χ1n) is 7.85. The molecule has 1 aliphatic rings. The summed E-state index contributed by atoms with van der Waals surface area (Å²) in [6, 6.07) is 17.8. The molecule has 0 bridgehead atoms. The fourth-order valence-electron chi connectivity index (χ4n) is 3.02. The van der Waals surface area contributed by atoms with Crippen LogP contribution in [0.5, 0.6) is 0 Å². The lowest BCUT2D eigenvalue weighted by molar-refractivity contribution is 0.426. The third-order valence-electron chi connectivity index (χ3n) is 4.22. The molecule has 3 heterocycles. The van der Waals surface area contributed by atoms with E-state index in [0.717, 1.165) is 23.3 Å². The molecule has 3 aromatic rings. The van der Waals surface area contributed by atoms with Crippen LogP contribution < -0.4 is 10.9 Å². The first-order chi connectivity index (χ1) is 11.8. The lowest BCUT2D eigenvalue weighted by atomic mass is 9.96. The number of pyridine rings is 1. The Bertz CT molecular complexity index is 890. The Kier molecular flexibility index (Phi) is 3.83. The lowest BCUT2D eigenvalue weighted by Crippen LogP contribution is -2.24. The van der Waals surface area contributed by atoms with Crippen LogP contribution >= 0.6 is 0 Å². The van der Waals surface area contributed by atoms with Crippen molar-refractivity contribution in [1.29, 1.82) is 5.26 Å². The van der Waals surface area contributed by atoms with Crippen LogP contribution in [-0.4, -0.2) is 11.5 Å². The van der Waals surface area contributed by atoms with Crippen LogP contribution in [0.25, 0.3) is 16.5 Å². The molecule has 2 atom stereocenters. The summed E-state index contributed by atoms with van der Waals surface area (Å²) in [5, 5.41) is 10.6. The summed E-state index contributed by atoms with van der Waals surface area (Å²) in [6.07, 6.45) is 3.66. The second-order valence-corrected chi connectivity index (χ2v) is 5.76. The van der Waals surface area contributed by atoms with E-state index in [2.05, 4.69) is 21.9 Å². The molecule has 4 rings (SSSR count). The number of fused-ring (bicyclic) bond motifs is 1. The number of hydrogen-bond donors (Lipinski definition) is 2. The van der Waals surface area contributed by atoms with Gasteiger partial charge in [-0.15, -0.1) is 0 Å². The number of nitrogens with one attached hydrogen (secondary N) is 2. The van der Waals surface area contributed by atoms with Crippen LogP contribution in [0, 0.1) is 17.2 Å². The number of furan rings is 1. The van der Waals surface area contributed by atoms with E-state index >= 15 is 0 Å². The fraction of sp³-hybridized carbons (Fsp3) is 0.158. The molecule has 1 saturated heterocycles. The fourth-order valence-corrected chi connectivity index (χ4v) is 3.02. The van der Waals surface area contributed by atoms with Gasteiger partial charge in [0.2, 0.25) is 0 Å². The molecular formula is C19H16N4O. The van der Waals surface area contributed by atoms with Crippen LogP contribution in [-0.2, 0) is 0 Å². The second kappa shape index (κ2) is 6.28. The molecule has 1 fully saturated rings. The minimum Gasteiger partial charge on any atom is -0.459 e. The average Bonchev–Trinajstić information content (AvgIpc) is 3.26. The molecule has 24 heavy (non-hydrogen) atoms. The standard InChI is InChI=1S/C19H16N4O/c20-11-14(16-6-3-4-8-21-16)9-15-12-22-23-19(15)18-10-13-5-1-2-7-17(13)24-18/h1-10,15,19,22-23H,12H2/b14-9+. The number of allylic oxidation sites excluding steroid dienone is 1. The van der Waals surface area contributed by atoms with Gasteiger partial charge in [0.1, 0.15) is 17.4 Å². The highest BCUT2D eigenvalue weighted by Gasteiger charge is 2.30. The minimum absolute atomic E-state index is 0.0236. The molecule has 1 aromatic carbocycles. The van der Waals surface area contributed by atoms with Crippen molar-refractivity contribution in [3.63, 3.8) is 0 Å². The van der Waals surface area contributed by atoms with Gasteiger partial charge in [-0.05, 0) is 24.3 Å². The minimum atomic E-state index is -0.0236. The van der Waals surface area contributed by atoms with Gasteiger partial charge in [0, 0.05) is 24.0 Å². The van der Waals surface area contributed by atoms with E-state index in [1.165, 1.54) is 0 Å². The molecule has 118 valence electrons. The zero-order chi connectivity index (χ0) is 16.4. The topological polar surface area (TPSA) is 73.9 Å². The van der Waals surface area contributed by atoms with Crippen molar-refractivity contribution >= 4 is 16.5 Å². The van der Waals surface area contributed by atoms with Crippen molar-refractivity contribution < 1.29 is 4.42 Å². The Hall–Kier alpha value is -2.94. The molecule has 1 aliphatic heterocycles. The first kappa shape index (κ1) is 14.6. The quantitative estimate of drug-likeness (QED) is 0.726. The summed E-state index contributed by atoms with van der Waals surface area (Å²) in [5.74, 6) is 0.961. The van der Waals surface area contributed by atoms with Crippen LogP contribution in [0.1, 0.15) is 17.5 Å². The smallest absolute Gasteiger partial charge is 0.134 e. The van der Waals surface area contributed by atoms with E-state index in [4.69, 9.17) is 4.42 Å². The molecule has 0 saturated carbocycles. The third-order valence-corrected chi connectivity index (χ3v) is 4.22. The van der Waals surface area contributed by atoms with Gasteiger partial charge in [0.25, 0.3) is 0 Å². The largest absolute Gasteiger partial charge is 0.459 e. The van der Waals surface area contributed by atoms with Gasteiger partial charge in [-0.2, -0.15) is 5.26 Å². The number of benzene rings is 1. The lowest BCUT2D eigenvalue weighted by Gasteiger charge is -2.13. The van der Waals surface area contributed by atoms with Crippen molar-refractivity contribution in [2.24, 2.45) is 5.92 Å². The van der Waals surface area contributed by atoms with Crippen molar-refractivity contribution in [1.82, 2.24) is 15.8 Å². The molecule has 2 N–H and O–H groups in total. The summed E-state index contributed by atoms with van der Waals surface area (Å²) in [6.45, 7) is 0.722. The maximum Gasteiger partial charge on any atom is 0.134 e. The van der Waals surface area contributed by atoms with Gasteiger partial charge in [0.05, 0.1) is 17.3 Å². The first-order valence-corrected chi connectivity index (χ1v) is 7.85. The summed E-state index contributed by atoms with van der Waals surface area (Å²) in [5.41, 5.74) is 8.54. The Morgan fingerprint density at radius 2 is 2.12 bits per heavy atom. The van der Waals surface area contributed by atoms with Crippen LogP contribution in [0.4, 0.5) is 0 Å². The van der Waals surface area contributed by atoms with Crippen LogP contribution in [0.15, 0.2) is 65.2 Å². The molecule has 0 spiro atoms. The summed E-state index contributed by atoms with van der Waals surface area (Å²) >= 11 is 0. The average molecular weight is 316 g/mol. The number of rotatable bonds is 3. The summed E-state index contributed by atoms with van der Waals surface area (Å²) < 4.78 is 5.97. The van der Waals surface area contributed by atoms with Crippen LogP contribution in [0.2, 0.25) is 0 Å². The Balaban J connectivity index is 1.67. The highest BCUT2D eigenvalue weighted by molar-refractivity contribution is 5.78. The normalized spacial score (nSPS) is 21.0. The van der Waals surface area contributed by atoms with E-state index in [1.54, 1.807) is 6.20 Å². The van der Waals surface area contributed by atoms with Gasteiger partial charge in [-0.1, -0.05) is 30.3 Å². The summed E-state index contributed by atoms with van der Waals surface area (Å²) in [7, 11) is 0. The number of hydrazine groups is 1. The number of aromatic nitrogens is 1. The maximum absolute atomic E-state index is 9.49. The Morgan fingerprint density at radius 3 is 2.92 bits per heavy atom. The van der Waals surface area contributed by atoms with Crippen molar-refractivity contribution in [2.45, 2.75) is 6.04 Å². The molecule has 2 unspecified atom stereocenters. The number of nitriles is 1. The molecule has 5 nitrogen and oxygen atoms in total. The number of para-hydroxylation sites is 1. The van der Waals surface area contributed by atoms with Crippen molar-refractivity contribution in [3.05, 3.63) is 72.3 Å². The SMILES string of the molecule is N#C/C(=C\C1CNNC1c1cc2ccccc2o1)c1ccccn1. The second-order valence-electron chi connectivity index (χ2n) is 5.76. The predicted octanol–water partition coefficient (Wildman–Crippen LogP) is 3.20. The van der Waals surface area contributed by atoms with E-state index < -0.39 is 0 Å². The third kappa shape index (κ3) is 2.69. The van der Waals surface area contributed by atoms with E-state index in [-0.39, 0.29) is 12.0 Å². The molecule has 0 aliphatic carbocycles. The van der Waals surface area contributed by atoms with Crippen molar-refractivity contribution in [2.75, 3.05) is 6.54 Å². The van der Waals surface area contributed by atoms with E-state index in [0.29, 0.717) is 11.3 Å². The van der Waals surface area contributed by atoms with Gasteiger partial charge in [-0.25, -0.2) is 5.43 Å². The van der Waals surface area contributed by atoms with Gasteiger partial charge in [0.15, 0.2) is 0 Å². The maximum atomic E-state index is 9.49. The van der Waals surface area contributed by atoms with E-state index in [9.17, 15) is 5.26 Å². The highest BCUT2D eigenvalue weighted by atomic mass is 16.3. The molecule has 2 aromatic heterocycles. The monoisotopic (exact) mass is 316 g/mol. The zero-order valence-electron chi connectivity index (χ0n) is 12.9. The number of nitrogens with zero attached hydrogens (tertiary/aromatic N) is 2. The predicted molar refractivity (Wildman–Crippen MR) is 91.4 cm³/mol. The number of hydrogen-bond acceptors (Lipinski definition) is 5.